The first-order chi connectivity index (χ1) is 13.5. The number of rotatable bonds is 4. The summed E-state index contributed by atoms with van der Waals surface area (Å²) in [5, 5.41) is 3.95. The number of aromatic nitrogens is 2. The van der Waals surface area contributed by atoms with Crippen LogP contribution in [0.15, 0.2) is 42.5 Å². The van der Waals surface area contributed by atoms with Gasteiger partial charge >= 0.3 is 0 Å². The predicted molar refractivity (Wildman–Crippen MR) is 114 cm³/mol. The Balaban J connectivity index is 1.43. The summed E-state index contributed by atoms with van der Waals surface area (Å²) in [7, 11) is 2.04. The van der Waals surface area contributed by atoms with Crippen molar-refractivity contribution in [1.29, 1.82) is 0 Å². The Bertz CT molecular complexity index is 1020. The molecule has 2 aromatic carbocycles. The van der Waals surface area contributed by atoms with Crippen LogP contribution in [0.2, 0.25) is 10.0 Å². The van der Waals surface area contributed by atoms with E-state index in [4.69, 9.17) is 28.2 Å². The second-order valence-electron chi connectivity index (χ2n) is 7.26. The number of anilines is 1. The molecule has 1 saturated heterocycles. The highest BCUT2D eigenvalue weighted by Gasteiger charge is 2.27. The van der Waals surface area contributed by atoms with Crippen molar-refractivity contribution in [2.24, 2.45) is 13.0 Å². The summed E-state index contributed by atoms with van der Waals surface area (Å²) in [6, 6.07) is 13.2. The van der Waals surface area contributed by atoms with Crippen molar-refractivity contribution in [3.8, 4) is 0 Å². The molecule has 0 bridgehead atoms. The van der Waals surface area contributed by atoms with Gasteiger partial charge in [0, 0.05) is 18.6 Å². The number of carbonyl (C=O) groups is 1. The molecule has 0 spiro atoms. The van der Waals surface area contributed by atoms with E-state index >= 15 is 0 Å². The zero-order valence-electron chi connectivity index (χ0n) is 15.7. The molecule has 1 aliphatic rings. The Labute approximate surface area is 174 Å². The predicted octanol–water partition coefficient (Wildman–Crippen LogP) is 4.73. The summed E-state index contributed by atoms with van der Waals surface area (Å²) in [5.41, 5.74) is 2.73. The van der Waals surface area contributed by atoms with Crippen molar-refractivity contribution in [2.45, 2.75) is 19.4 Å². The number of piperidine rings is 1. The van der Waals surface area contributed by atoms with Gasteiger partial charge in [-0.25, -0.2) is 4.98 Å². The number of carbonyl (C=O) groups excluding carboxylic acids is 1. The highest BCUT2D eigenvalue weighted by molar-refractivity contribution is 6.36. The fourth-order valence-electron chi connectivity index (χ4n) is 3.78. The van der Waals surface area contributed by atoms with Gasteiger partial charge in [-0.05, 0) is 49.7 Å². The molecule has 1 amide bonds. The number of para-hydroxylation sites is 2. The minimum absolute atomic E-state index is 0.000996. The van der Waals surface area contributed by atoms with Crippen LogP contribution in [0.3, 0.4) is 0 Å². The smallest absolute Gasteiger partial charge is 0.228 e. The Morgan fingerprint density at radius 3 is 2.86 bits per heavy atom. The first-order valence-electron chi connectivity index (χ1n) is 9.40. The Hall–Kier alpha value is -2.08. The molecule has 0 aliphatic carbocycles. The minimum atomic E-state index is -0.0739. The van der Waals surface area contributed by atoms with E-state index in [1.165, 1.54) is 0 Å². The summed E-state index contributed by atoms with van der Waals surface area (Å²) >= 11 is 12.1. The van der Waals surface area contributed by atoms with Gasteiger partial charge in [-0.15, -0.1) is 0 Å². The molecule has 2 heterocycles. The highest BCUT2D eigenvalue weighted by Crippen LogP contribution is 2.27. The number of nitrogens with one attached hydrogen (secondary N) is 1. The average Bonchev–Trinajstić information content (AvgIpc) is 3.00. The number of fused-ring (bicyclic) bond motifs is 1. The number of amides is 1. The first-order valence-corrected chi connectivity index (χ1v) is 10.2. The van der Waals surface area contributed by atoms with Gasteiger partial charge in [-0.2, -0.15) is 0 Å². The van der Waals surface area contributed by atoms with Crippen molar-refractivity contribution in [3.05, 3.63) is 58.3 Å². The molecule has 5 nitrogen and oxygen atoms in total. The van der Waals surface area contributed by atoms with Crippen LogP contribution >= 0.6 is 23.2 Å². The van der Waals surface area contributed by atoms with Gasteiger partial charge in [-0.1, -0.05) is 35.3 Å². The Morgan fingerprint density at radius 1 is 1.25 bits per heavy atom. The van der Waals surface area contributed by atoms with E-state index in [1.54, 1.807) is 18.2 Å². The van der Waals surface area contributed by atoms with E-state index in [0.29, 0.717) is 22.3 Å². The number of imidazole rings is 1. The molecule has 4 rings (SSSR count). The zero-order valence-corrected chi connectivity index (χ0v) is 17.2. The second kappa shape index (κ2) is 8.11. The molecule has 1 fully saturated rings. The lowest BCUT2D eigenvalue weighted by molar-refractivity contribution is -0.121. The summed E-state index contributed by atoms with van der Waals surface area (Å²) in [6.45, 7) is 2.41. The van der Waals surface area contributed by atoms with Gasteiger partial charge in [0.05, 0.1) is 34.2 Å². The molecular weight excluding hydrogens is 395 g/mol. The number of hydrogen-bond acceptors (Lipinski definition) is 3. The quantitative estimate of drug-likeness (QED) is 0.668. The molecule has 28 heavy (non-hydrogen) atoms. The Morgan fingerprint density at radius 2 is 2.07 bits per heavy atom. The molecule has 0 radical (unpaired) electrons. The lowest BCUT2D eigenvalue weighted by Gasteiger charge is -2.31. The van der Waals surface area contributed by atoms with E-state index in [1.807, 2.05) is 25.2 Å². The molecule has 1 aromatic heterocycles. The van der Waals surface area contributed by atoms with Crippen LogP contribution in [-0.2, 0) is 18.4 Å². The van der Waals surface area contributed by atoms with Crippen LogP contribution in [0.5, 0.6) is 0 Å². The maximum Gasteiger partial charge on any atom is 0.228 e. The van der Waals surface area contributed by atoms with E-state index in [9.17, 15) is 4.79 Å². The van der Waals surface area contributed by atoms with Crippen molar-refractivity contribution in [3.63, 3.8) is 0 Å². The van der Waals surface area contributed by atoms with Crippen molar-refractivity contribution in [2.75, 3.05) is 18.4 Å². The second-order valence-corrected chi connectivity index (χ2v) is 8.11. The summed E-state index contributed by atoms with van der Waals surface area (Å²) in [5.74, 6) is 0.942. The fourth-order valence-corrected chi connectivity index (χ4v) is 4.23. The number of benzene rings is 2. The zero-order chi connectivity index (χ0) is 19.7. The average molecular weight is 417 g/mol. The molecule has 1 N–H and O–H groups in total. The number of aryl methyl sites for hydroxylation is 1. The van der Waals surface area contributed by atoms with E-state index < -0.39 is 0 Å². The summed E-state index contributed by atoms with van der Waals surface area (Å²) < 4.78 is 2.13. The Kier molecular flexibility index (Phi) is 5.58. The van der Waals surface area contributed by atoms with Gasteiger partial charge in [0.1, 0.15) is 5.82 Å². The van der Waals surface area contributed by atoms with Gasteiger partial charge in [-0.3, -0.25) is 9.69 Å². The fraction of sp³-hybridized carbons (Fsp3) is 0.333. The van der Waals surface area contributed by atoms with Gasteiger partial charge < -0.3 is 9.88 Å². The molecule has 3 aromatic rings. The van der Waals surface area contributed by atoms with Crippen LogP contribution in [-0.4, -0.2) is 33.4 Å². The SMILES string of the molecule is Cn1c(CN2CCC[C@@H](C(=O)Nc3ccc(Cl)cc3Cl)C2)nc2ccccc21. The third-order valence-corrected chi connectivity index (χ3v) is 5.86. The van der Waals surface area contributed by atoms with Gasteiger partial charge in [0.15, 0.2) is 0 Å². The normalized spacial score (nSPS) is 17.8. The number of hydrogen-bond donors (Lipinski definition) is 1. The third-order valence-electron chi connectivity index (χ3n) is 5.31. The molecule has 0 unspecified atom stereocenters. The molecule has 146 valence electrons. The van der Waals surface area contributed by atoms with Crippen molar-refractivity contribution in [1.82, 2.24) is 14.5 Å². The molecular formula is C21H22Cl2N4O. The van der Waals surface area contributed by atoms with Crippen molar-refractivity contribution >= 4 is 45.8 Å². The number of halogens is 2. The number of nitrogens with zero attached hydrogens (tertiary/aromatic N) is 3. The third kappa shape index (κ3) is 4.02. The lowest BCUT2D eigenvalue weighted by atomic mass is 9.97. The maximum absolute atomic E-state index is 12.8. The van der Waals surface area contributed by atoms with E-state index in [-0.39, 0.29) is 11.8 Å². The highest BCUT2D eigenvalue weighted by atomic mass is 35.5. The standard InChI is InChI=1S/C21H22Cl2N4O/c1-26-19-7-3-2-6-18(19)24-20(26)13-27-10-4-5-14(12-27)21(28)25-17-9-8-15(22)11-16(17)23/h2-3,6-9,11,14H,4-5,10,12-13H2,1H3,(H,25,28)/t14-/m1/s1. The molecule has 1 atom stereocenters. The lowest BCUT2D eigenvalue weighted by Crippen LogP contribution is -2.40. The summed E-state index contributed by atoms with van der Waals surface area (Å²) in [4.78, 5) is 19.8. The van der Waals surface area contributed by atoms with Gasteiger partial charge in [0.25, 0.3) is 0 Å². The number of likely N-dealkylation sites (tertiary alicyclic amines) is 1. The minimum Gasteiger partial charge on any atom is -0.330 e. The van der Waals surface area contributed by atoms with Gasteiger partial charge in [0.2, 0.25) is 5.91 Å². The van der Waals surface area contributed by atoms with Crippen LogP contribution in [0.25, 0.3) is 11.0 Å². The summed E-state index contributed by atoms with van der Waals surface area (Å²) in [6.07, 6.45) is 1.85. The first kappa shape index (κ1) is 19.2. The van der Waals surface area contributed by atoms with E-state index in [0.717, 1.165) is 42.8 Å². The monoisotopic (exact) mass is 416 g/mol. The van der Waals surface area contributed by atoms with Crippen LogP contribution in [0.4, 0.5) is 5.69 Å². The molecule has 7 heteroatoms. The topological polar surface area (TPSA) is 50.2 Å². The van der Waals surface area contributed by atoms with Crippen molar-refractivity contribution < 1.29 is 4.79 Å². The molecule has 1 aliphatic heterocycles. The van der Waals surface area contributed by atoms with E-state index in [2.05, 4.69) is 20.9 Å². The maximum atomic E-state index is 12.8. The van der Waals surface area contributed by atoms with Crippen LogP contribution in [0, 0.1) is 5.92 Å². The van der Waals surface area contributed by atoms with Crippen LogP contribution in [0.1, 0.15) is 18.7 Å². The largest absolute Gasteiger partial charge is 0.330 e. The molecule has 0 saturated carbocycles. The van der Waals surface area contributed by atoms with Crippen LogP contribution < -0.4 is 5.32 Å².